The first-order valence-electron chi connectivity index (χ1n) is 13.4. The maximum Gasteiger partial charge on any atom is 0.116 e. The number of rotatable bonds is 7. The van der Waals surface area contributed by atoms with Crippen molar-refractivity contribution in [2.75, 3.05) is 23.3 Å². The Morgan fingerprint density at radius 3 is 2.70 bits per heavy atom. The van der Waals surface area contributed by atoms with Crippen molar-refractivity contribution in [2.24, 2.45) is 5.92 Å². The minimum atomic E-state index is 0.403. The molecule has 6 rings (SSSR count). The number of H-pyrrole nitrogens is 2. The molecule has 1 aliphatic heterocycles. The van der Waals surface area contributed by atoms with Crippen molar-refractivity contribution in [3.05, 3.63) is 73.2 Å². The molecule has 1 saturated heterocycles. The number of allylic oxidation sites excluding steroid dienone is 1. The Kier molecular flexibility index (Phi) is 6.16. The van der Waals surface area contributed by atoms with Gasteiger partial charge in [0.25, 0.3) is 0 Å². The summed E-state index contributed by atoms with van der Waals surface area (Å²) < 4.78 is 0. The number of benzene rings is 2. The predicted molar refractivity (Wildman–Crippen MR) is 155 cm³/mol. The van der Waals surface area contributed by atoms with Gasteiger partial charge in [-0.05, 0) is 73.6 Å². The highest BCUT2D eigenvalue weighted by molar-refractivity contribution is 6.01. The average molecular weight is 491 g/mol. The summed E-state index contributed by atoms with van der Waals surface area (Å²) in [5, 5.41) is 13.7. The molecular weight excluding hydrogens is 456 g/mol. The molecule has 0 saturated carbocycles. The first kappa shape index (κ1) is 23.3. The molecular formula is C31H34N6. The van der Waals surface area contributed by atoms with Crippen LogP contribution in [0.25, 0.3) is 44.3 Å². The lowest BCUT2D eigenvalue weighted by Gasteiger charge is -2.29. The third-order valence-corrected chi connectivity index (χ3v) is 7.74. The Labute approximate surface area is 217 Å². The van der Waals surface area contributed by atoms with Crippen molar-refractivity contribution >= 4 is 33.2 Å². The van der Waals surface area contributed by atoms with Crippen LogP contribution in [0.4, 0.5) is 11.4 Å². The van der Waals surface area contributed by atoms with Crippen LogP contribution >= 0.6 is 0 Å². The summed E-state index contributed by atoms with van der Waals surface area (Å²) >= 11 is 0. The van der Waals surface area contributed by atoms with Crippen molar-refractivity contribution in [1.82, 2.24) is 20.2 Å². The van der Waals surface area contributed by atoms with E-state index in [4.69, 9.17) is 5.10 Å². The summed E-state index contributed by atoms with van der Waals surface area (Å²) in [7, 11) is 0. The average Bonchev–Trinajstić information content (AvgIpc) is 3.56. The van der Waals surface area contributed by atoms with Crippen LogP contribution in [0, 0.1) is 5.92 Å². The molecule has 2 aromatic carbocycles. The minimum Gasteiger partial charge on any atom is -0.371 e. The van der Waals surface area contributed by atoms with Gasteiger partial charge in [0.1, 0.15) is 5.69 Å². The van der Waals surface area contributed by atoms with E-state index in [-0.39, 0.29) is 0 Å². The molecule has 6 nitrogen and oxygen atoms in total. The van der Waals surface area contributed by atoms with Gasteiger partial charge in [-0.25, -0.2) is 0 Å². The van der Waals surface area contributed by atoms with Crippen molar-refractivity contribution < 1.29 is 0 Å². The summed E-state index contributed by atoms with van der Waals surface area (Å²) in [5.74, 6) is 0.403. The third-order valence-electron chi connectivity index (χ3n) is 7.74. The van der Waals surface area contributed by atoms with Crippen LogP contribution < -0.4 is 10.2 Å². The molecule has 0 aliphatic carbocycles. The monoisotopic (exact) mass is 490 g/mol. The topological polar surface area (TPSA) is 72.6 Å². The number of hydrogen-bond acceptors (Lipinski definition) is 4. The maximum absolute atomic E-state index is 4.71. The van der Waals surface area contributed by atoms with Gasteiger partial charge in [0.2, 0.25) is 0 Å². The van der Waals surface area contributed by atoms with Gasteiger partial charge in [0.15, 0.2) is 0 Å². The van der Waals surface area contributed by atoms with Gasteiger partial charge >= 0.3 is 0 Å². The molecule has 1 aliphatic rings. The molecule has 4 heterocycles. The number of nitrogens with zero attached hydrogens (tertiary/aromatic N) is 3. The second-order valence-corrected chi connectivity index (χ2v) is 10.2. The minimum absolute atomic E-state index is 0.403. The zero-order valence-corrected chi connectivity index (χ0v) is 21.6. The molecule has 37 heavy (non-hydrogen) atoms. The highest BCUT2D eigenvalue weighted by Gasteiger charge is 2.17. The smallest absolute Gasteiger partial charge is 0.116 e. The SMILES string of the molecule is C=C(Nc1cncc(-c2ccc3[nH]nc(-c4cc5c(N6CCCCC6)cccc5[nH]4)c3c2)c1)C(C)CC. The molecule has 3 N–H and O–H groups in total. The second-order valence-electron chi connectivity index (χ2n) is 10.2. The number of pyridine rings is 1. The molecule has 0 radical (unpaired) electrons. The van der Waals surface area contributed by atoms with Gasteiger partial charge in [0.05, 0.1) is 23.1 Å². The van der Waals surface area contributed by atoms with Crippen LogP contribution in [0.1, 0.15) is 39.5 Å². The largest absolute Gasteiger partial charge is 0.371 e. The van der Waals surface area contributed by atoms with Gasteiger partial charge < -0.3 is 15.2 Å². The molecule has 6 heteroatoms. The predicted octanol–water partition coefficient (Wildman–Crippen LogP) is 7.74. The third kappa shape index (κ3) is 4.48. The van der Waals surface area contributed by atoms with Crippen molar-refractivity contribution in [2.45, 2.75) is 39.5 Å². The number of anilines is 2. The van der Waals surface area contributed by atoms with E-state index in [1.807, 2.05) is 12.4 Å². The summed E-state index contributed by atoms with van der Waals surface area (Å²) in [6.45, 7) is 10.8. The van der Waals surface area contributed by atoms with Gasteiger partial charge in [-0.1, -0.05) is 32.6 Å². The van der Waals surface area contributed by atoms with E-state index < -0.39 is 0 Å². The van der Waals surface area contributed by atoms with Crippen LogP contribution in [-0.2, 0) is 0 Å². The van der Waals surface area contributed by atoms with E-state index in [1.165, 1.54) is 30.3 Å². The number of fused-ring (bicyclic) bond motifs is 2. The summed E-state index contributed by atoms with van der Waals surface area (Å²) in [4.78, 5) is 10.6. The lowest BCUT2D eigenvalue weighted by Crippen LogP contribution is -2.29. The fourth-order valence-electron chi connectivity index (χ4n) is 5.30. The highest BCUT2D eigenvalue weighted by Crippen LogP contribution is 2.35. The molecule has 3 aromatic heterocycles. The molecule has 1 fully saturated rings. The summed E-state index contributed by atoms with van der Waals surface area (Å²) in [5.41, 5.74) is 9.57. The van der Waals surface area contributed by atoms with Crippen LogP contribution in [0.2, 0.25) is 0 Å². The molecule has 5 aromatic rings. The van der Waals surface area contributed by atoms with Crippen molar-refractivity contribution in [3.8, 4) is 22.5 Å². The Balaban J connectivity index is 1.36. The van der Waals surface area contributed by atoms with E-state index >= 15 is 0 Å². The van der Waals surface area contributed by atoms with Crippen LogP contribution in [0.5, 0.6) is 0 Å². The zero-order valence-electron chi connectivity index (χ0n) is 21.6. The Bertz CT molecular complexity index is 1570. The molecule has 0 spiro atoms. The van der Waals surface area contributed by atoms with E-state index in [9.17, 15) is 0 Å². The van der Waals surface area contributed by atoms with E-state index in [1.54, 1.807) is 0 Å². The summed E-state index contributed by atoms with van der Waals surface area (Å²) in [6.07, 6.45) is 8.66. The number of piperidine rings is 1. The van der Waals surface area contributed by atoms with Gasteiger partial charge in [-0.3, -0.25) is 10.1 Å². The van der Waals surface area contributed by atoms with Crippen LogP contribution in [0.3, 0.4) is 0 Å². The van der Waals surface area contributed by atoms with Gasteiger partial charge in [-0.2, -0.15) is 5.10 Å². The van der Waals surface area contributed by atoms with Gasteiger partial charge in [-0.15, -0.1) is 0 Å². The van der Waals surface area contributed by atoms with Crippen LogP contribution in [0.15, 0.2) is 73.2 Å². The van der Waals surface area contributed by atoms with E-state index in [0.717, 1.165) is 69.8 Å². The van der Waals surface area contributed by atoms with Crippen LogP contribution in [-0.4, -0.2) is 33.3 Å². The Morgan fingerprint density at radius 2 is 1.86 bits per heavy atom. The fraction of sp³-hybridized carbons (Fsp3) is 0.290. The molecule has 0 amide bonds. The molecule has 1 atom stereocenters. The lowest BCUT2D eigenvalue weighted by molar-refractivity contribution is 0.579. The quantitative estimate of drug-likeness (QED) is 0.218. The van der Waals surface area contributed by atoms with E-state index in [2.05, 4.69) is 94.2 Å². The molecule has 1 unspecified atom stereocenters. The molecule has 0 bridgehead atoms. The number of nitrogens with one attached hydrogen (secondary N) is 3. The number of hydrogen-bond donors (Lipinski definition) is 3. The fourth-order valence-corrected chi connectivity index (χ4v) is 5.30. The normalized spacial score (nSPS) is 14.8. The first-order chi connectivity index (χ1) is 18.1. The summed E-state index contributed by atoms with van der Waals surface area (Å²) in [6, 6.07) is 17.4. The zero-order chi connectivity index (χ0) is 25.4. The first-order valence-corrected chi connectivity index (χ1v) is 13.4. The highest BCUT2D eigenvalue weighted by atomic mass is 15.1. The lowest BCUT2D eigenvalue weighted by atomic mass is 10.0. The van der Waals surface area contributed by atoms with Gasteiger partial charge in [0, 0.05) is 52.5 Å². The number of aromatic nitrogens is 4. The second kappa shape index (κ2) is 9.77. The van der Waals surface area contributed by atoms with Crippen molar-refractivity contribution in [3.63, 3.8) is 0 Å². The standard InChI is InChI=1S/C31H34N6/c1-4-20(2)21(3)33-24-15-23(18-32-19-24)22-11-12-28-26(16-22)31(36-35-28)29-17-25-27(34-29)9-8-10-30(25)37-13-6-5-7-14-37/h8-12,15-20,33-34H,3-7,13-14H2,1-2H3,(H,35,36). The number of aromatic amines is 2. The molecule has 188 valence electrons. The Hall–Kier alpha value is -4.06. The van der Waals surface area contributed by atoms with E-state index in [0.29, 0.717) is 5.92 Å². The Morgan fingerprint density at radius 1 is 1.00 bits per heavy atom. The maximum atomic E-state index is 4.71. The van der Waals surface area contributed by atoms with Crippen molar-refractivity contribution in [1.29, 1.82) is 0 Å².